The van der Waals surface area contributed by atoms with Crippen molar-refractivity contribution < 1.29 is 18.7 Å². The monoisotopic (exact) mass is 382 g/mol. The van der Waals surface area contributed by atoms with Gasteiger partial charge in [0.1, 0.15) is 11.6 Å². The molecule has 1 saturated carbocycles. The second kappa shape index (κ2) is 6.76. The van der Waals surface area contributed by atoms with Gasteiger partial charge < -0.3 is 14.4 Å². The summed E-state index contributed by atoms with van der Waals surface area (Å²) in [6, 6.07) is 10.1. The Morgan fingerprint density at radius 3 is 2.96 bits per heavy atom. The van der Waals surface area contributed by atoms with E-state index in [9.17, 15) is 9.18 Å². The number of benzene rings is 1. The molecule has 0 unspecified atom stereocenters. The molecule has 1 aromatic heterocycles. The number of aryl methyl sites for hydroxylation is 1. The van der Waals surface area contributed by atoms with Gasteiger partial charge in [0.15, 0.2) is 0 Å². The molecule has 0 radical (unpaired) electrons. The first-order valence-electron chi connectivity index (χ1n) is 9.89. The van der Waals surface area contributed by atoms with Crippen molar-refractivity contribution in [3.8, 4) is 11.6 Å². The Morgan fingerprint density at radius 1 is 1.32 bits per heavy atom. The first-order chi connectivity index (χ1) is 13.6. The van der Waals surface area contributed by atoms with Gasteiger partial charge in [0.05, 0.1) is 19.3 Å². The number of amides is 1. The Morgan fingerprint density at radius 2 is 2.18 bits per heavy atom. The van der Waals surface area contributed by atoms with Gasteiger partial charge >= 0.3 is 0 Å². The second-order valence-electron chi connectivity index (χ2n) is 8.06. The van der Waals surface area contributed by atoms with E-state index in [1.54, 1.807) is 6.07 Å². The van der Waals surface area contributed by atoms with Crippen LogP contribution in [0.15, 0.2) is 36.4 Å². The molecular weight excluding hydrogens is 359 g/mol. The fraction of sp³-hybridized carbons (Fsp3) is 0.455. The van der Waals surface area contributed by atoms with Gasteiger partial charge in [-0.3, -0.25) is 4.79 Å². The summed E-state index contributed by atoms with van der Waals surface area (Å²) in [5, 5.41) is 0. The molecule has 2 aliphatic heterocycles. The minimum atomic E-state index is -0.300. The van der Waals surface area contributed by atoms with E-state index in [0.717, 1.165) is 24.1 Å². The highest BCUT2D eigenvalue weighted by atomic mass is 19.1. The SMILES string of the molecule is Cc1cccc(OC[C@@H]2CN(C(=O)C3CC3)[C@H]3c4cc(F)ccc4OC[C@@H]23)n1. The summed E-state index contributed by atoms with van der Waals surface area (Å²) in [6.07, 6.45) is 1.90. The molecule has 28 heavy (non-hydrogen) atoms. The minimum absolute atomic E-state index is 0.0850. The van der Waals surface area contributed by atoms with Gasteiger partial charge in [0, 0.05) is 41.6 Å². The summed E-state index contributed by atoms with van der Waals surface area (Å²) in [7, 11) is 0. The first kappa shape index (κ1) is 17.5. The van der Waals surface area contributed by atoms with Crippen molar-refractivity contribution in [3.05, 3.63) is 53.5 Å². The molecule has 146 valence electrons. The van der Waals surface area contributed by atoms with Gasteiger partial charge in [0.2, 0.25) is 11.8 Å². The normalized spacial score (nSPS) is 25.6. The van der Waals surface area contributed by atoms with Crippen LogP contribution in [0.5, 0.6) is 11.6 Å². The molecule has 3 heterocycles. The molecular formula is C22H23FN2O3. The van der Waals surface area contributed by atoms with Crippen LogP contribution in [-0.2, 0) is 4.79 Å². The number of rotatable bonds is 4. The predicted octanol–water partition coefficient (Wildman–Crippen LogP) is 3.53. The molecule has 0 bridgehead atoms. The van der Waals surface area contributed by atoms with E-state index in [0.29, 0.717) is 31.4 Å². The maximum Gasteiger partial charge on any atom is 0.226 e. The largest absolute Gasteiger partial charge is 0.493 e. The lowest BCUT2D eigenvalue weighted by atomic mass is 9.85. The number of ether oxygens (including phenoxy) is 2. The summed E-state index contributed by atoms with van der Waals surface area (Å²) >= 11 is 0. The maximum absolute atomic E-state index is 14.0. The number of halogens is 1. The molecule has 0 N–H and O–H groups in total. The number of carbonyl (C=O) groups is 1. The van der Waals surface area contributed by atoms with Crippen molar-refractivity contribution in [1.82, 2.24) is 9.88 Å². The summed E-state index contributed by atoms with van der Waals surface area (Å²) in [4.78, 5) is 19.3. The standard InChI is InChI=1S/C22H23FN2O3/c1-13-3-2-4-20(24-13)28-11-15-10-25(22(26)14-5-6-14)21-17-9-16(23)7-8-19(17)27-12-18(15)21/h2-4,7-9,14-15,18,21H,5-6,10-12H2,1H3/t15-,18-,21-/m0/s1. The Hall–Kier alpha value is -2.63. The molecule has 1 saturated heterocycles. The molecule has 5 nitrogen and oxygen atoms in total. The van der Waals surface area contributed by atoms with Gasteiger partial charge in [-0.25, -0.2) is 9.37 Å². The number of aromatic nitrogens is 1. The lowest BCUT2D eigenvalue weighted by Crippen LogP contribution is -2.36. The zero-order valence-corrected chi connectivity index (χ0v) is 15.8. The number of nitrogens with zero attached hydrogens (tertiary/aromatic N) is 2. The zero-order chi connectivity index (χ0) is 19.3. The first-order valence-corrected chi connectivity index (χ1v) is 9.89. The van der Waals surface area contributed by atoms with Crippen LogP contribution in [-0.4, -0.2) is 35.5 Å². The molecule has 5 rings (SSSR count). The fourth-order valence-corrected chi connectivity index (χ4v) is 4.44. The minimum Gasteiger partial charge on any atom is -0.493 e. The molecule has 2 fully saturated rings. The molecule has 3 atom stereocenters. The quantitative estimate of drug-likeness (QED) is 0.812. The third-order valence-corrected chi connectivity index (χ3v) is 6.02. The number of hydrogen-bond acceptors (Lipinski definition) is 4. The maximum atomic E-state index is 14.0. The van der Waals surface area contributed by atoms with E-state index in [1.807, 2.05) is 30.0 Å². The molecule has 3 aliphatic rings. The van der Waals surface area contributed by atoms with Gasteiger partial charge in [-0.2, -0.15) is 0 Å². The third kappa shape index (κ3) is 3.11. The van der Waals surface area contributed by atoms with Crippen molar-refractivity contribution in [1.29, 1.82) is 0 Å². The van der Waals surface area contributed by atoms with Crippen molar-refractivity contribution in [2.24, 2.45) is 17.8 Å². The van der Waals surface area contributed by atoms with Crippen LogP contribution in [0, 0.1) is 30.5 Å². The average Bonchev–Trinajstić information content (AvgIpc) is 3.47. The van der Waals surface area contributed by atoms with E-state index in [2.05, 4.69) is 4.98 Å². The zero-order valence-electron chi connectivity index (χ0n) is 15.8. The predicted molar refractivity (Wildman–Crippen MR) is 101 cm³/mol. The Balaban J connectivity index is 1.42. The summed E-state index contributed by atoms with van der Waals surface area (Å²) in [6.45, 7) is 3.50. The van der Waals surface area contributed by atoms with Crippen LogP contribution in [0.25, 0.3) is 0 Å². The number of likely N-dealkylation sites (tertiary alicyclic amines) is 1. The van der Waals surface area contributed by atoms with Crippen LogP contribution < -0.4 is 9.47 Å². The number of hydrogen-bond donors (Lipinski definition) is 0. The lowest BCUT2D eigenvalue weighted by Gasteiger charge is -2.34. The summed E-state index contributed by atoms with van der Waals surface area (Å²) < 4.78 is 25.8. The van der Waals surface area contributed by atoms with Crippen LogP contribution >= 0.6 is 0 Å². The molecule has 6 heteroatoms. The molecule has 1 aromatic carbocycles. The third-order valence-electron chi connectivity index (χ3n) is 6.02. The highest BCUT2D eigenvalue weighted by molar-refractivity contribution is 5.82. The molecule has 0 spiro atoms. The number of pyridine rings is 1. The topological polar surface area (TPSA) is 51.7 Å². The fourth-order valence-electron chi connectivity index (χ4n) is 4.44. The van der Waals surface area contributed by atoms with Crippen molar-refractivity contribution >= 4 is 5.91 Å². The van der Waals surface area contributed by atoms with Gasteiger partial charge in [0.25, 0.3) is 0 Å². The van der Waals surface area contributed by atoms with E-state index in [1.165, 1.54) is 12.1 Å². The van der Waals surface area contributed by atoms with Crippen LogP contribution in [0.3, 0.4) is 0 Å². The highest BCUT2D eigenvalue weighted by Crippen LogP contribution is 2.49. The van der Waals surface area contributed by atoms with Gasteiger partial charge in [-0.05, 0) is 44.0 Å². The second-order valence-corrected chi connectivity index (χ2v) is 8.06. The van der Waals surface area contributed by atoms with Crippen LogP contribution in [0.2, 0.25) is 0 Å². The molecule has 1 amide bonds. The van der Waals surface area contributed by atoms with E-state index < -0.39 is 0 Å². The Kier molecular flexibility index (Phi) is 4.22. The Labute approximate surface area is 163 Å². The van der Waals surface area contributed by atoms with Crippen LogP contribution in [0.4, 0.5) is 4.39 Å². The van der Waals surface area contributed by atoms with Crippen molar-refractivity contribution in [2.45, 2.75) is 25.8 Å². The number of fused-ring (bicyclic) bond motifs is 3. The number of carbonyl (C=O) groups excluding carboxylic acids is 1. The van der Waals surface area contributed by atoms with E-state index in [-0.39, 0.29) is 35.5 Å². The van der Waals surface area contributed by atoms with Crippen LogP contribution in [0.1, 0.15) is 30.1 Å². The van der Waals surface area contributed by atoms with Gasteiger partial charge in [-0.1, -0.05) is 6.07 Å². The van der Waals surface area contributed by atoms with E-state index in [4.69, 9.17) is 9.47 Å². The summed E-state index contributed by atoms with van der Waals surface area (Å²) in [5.74, 6) is 1.48. The smallest absolute Gasteiger partial charge is 0.226 e. The van der Waals surface area contributed by atoms with E-state index >= 15 is 0 Å². The lowest BCUT2D eigenvalue weighted by molar-refractivity contribution is -0.134. The average molecular weight is 382 g/mol. The molecule has 2 aromatic rings. The Bertz CT molecular complexity index is 914. The highest BCUT2D eigenvalue weighted by Gasteiger charge is 2.50. The van der Waals surface area contributed by atoms with Crippen molar-refractivity contribution in [2.75, 3.05) is 19.8 Å². The van der Waals surface area contributed by atoms with Crippen molar-refractivity contribution in [3.63, 3.8) is 0 Å². The molecule has 1 aliphatic carbocycles. The van der Waals surface area contributed by atoms with Gasteiger partial charge in [-0.15, -0.1) is 0 Å². The summed E-state index contributed by atoms with van der Waals surface area (Å²) in [5.41, 5.74) is 1.68.